The smallest absolute Gasteiger partial charge is 0.255 e. The molecule has 1 saturated carbocycles. The van der Waals surface area contributed by atoms with Crippen LogP contribution in [0, 0.1) is 5.92 Å². The fourth-order valence-corrected chi connectivity index (χ4v) is 3.05. The van der Waals surface area contributed by atoms with Crippen molar-refractivity contribution in [1.29, 1.82) is 0 Å². The van der Waals surface area contributed by atoms with Gasteiger partial charge in [-0.3, -0.25) is 9.78 Å². The van der Waals surface area contributed by atoms with E-state index in [0.29, 0.717) is 22.1 Å². The number of carbonyl (C=O) groups excluding carboxylic acids is 1. The second-order valence-electron chi connectivity index (χ2n) is 4.56. The van der Waals surface area contributed by atoms with Gasteiger partial charge in [0.15, 0.2) is 0 Å². The minimum atomic E-state index is -0.0905. The molecule has 0 radical (unpaired) electrons. The summed E-state index contributed by atoms with van der Waals surface area (Å²) in [4.78, 5) is 16.6. The average Bonchev–Trinajstić information content (AvgIpc) is 2.81. The number of ether oxygens (including phenoxy) is 1. The summed E-state index contributed by atoms with van der Waals surface area (Å²) in [6.45, 7) is 0.729. The van der Waals surface area contributed by atoms with Crippen LogP contribution in [0.15, 0.2) is 18.5 Å². The summed E-state index contributed by atoms with van der Waals surface area (Å²) in [6, 6.07) is 1.68. The highest BCUT2D eigenvalue weighted by Crippen LogP contribution is 2.30. The van der Waals surface area contributed by atoms with E-state index in [4.69, 9.17) is 4.74 Å². The maximum absolute atomic E-state index is 12.0. The summed E-state index contributed by atoms with van der Waals surface area (Å²) < 4.78 is 5.12. The summed E-state index contributed by atoms with van der Waals surface area (Å²) in [5.74, 6) is 0.998. The van der Waals surface area contributed by atoms with Crippen LogP contribution in [0.1, 0.15) is 29.6 Å². The Morgan fingerprint density at radius 3 is 3.11 bits per heavy atom. The van der Waals surface area contributed by atoms with Gasteiger partial charge in [0.05, 0.1) is 18.9 Å². The van der Waals surface area contributed by atoms with Crippen molar-refractivity contribution >= 4 is 21.8 Å². The summed E-state index contributed by atoms with van der Waals surface area (Å²) in [5, 5.41) is 2.97. The van der Waals surface area contributed by atoms with Gasteiger partial charge < -0.3 is 10.1 Å². The molecular formula is C13H17BrN2O2. The van der Waals surface area contributed by atoms with Crippen LogP contribution in [-0.4, -0.2) is 29.4 Å². The zero-order valence-corrected chi connectivity index (χ0v) is 11.9. The predicted octanol–water partition coefficient (Wildman–Crippen LogP) is 2.38. The number of carbonyl (C=O) groups is 1. The molecule has 1 heterocycles. The number of rotatable bonds is 4. The number of hydrogen-bond donors (Lipinski definition) is 1. The van der Waals surface area contributed by atoms with Gasteiger partial charge in [0.1, 0.15) is 5.75 Å². The van der Waals surface area contributed by atoms with Gasteiger partial charge >= 0.3 is 0 Å². The van der Waals surface area contributed by atoms with Gasteiger partial charge in [-0.15, -0.1) is 0 Å². The van der Waals surface area contributed by atoms with Gasteiger partial charge in [-0.25, -0.2) is 0 Å². The molecule has 0 spiro atoms. The standard InChI is InChI=1S/C13H17BrN2O2/c1-18-12-8-15-5-4-11(12)13(17)16-7-9-2-3-10(14)6-9/h4-5,8-10H,2-3,6-7H2,1H3,(H,16,17). The molecule has 98 valence electrons. The van der Waals surface area contributed by atoms with Crippen molar-refractivity contribution < 1.29 is 9.53 Å². The van der Waals surface area contributed by atoms with Gasteiger partial charge in [0.25, 0.3) is 5.91 Å². The Kier molecular flexibility index (Phi) is 4.58. The van der Waals surface area contributed by atoms with Gasteiger partial charge in [0.2, 0.25) is 0 Å². The van der Waals surface area contributed by atoms with Crippen molar-refractivity contribution in [1.82, 2.24) is 10.3 Å². The third-order valence-electron chi connectivity index (χ3n) is 3.28. The van der Waals surface area contributed by atoms with E-state index >= 15 is 0 Å². The van der Waals surface area contributed by atoms with Crippen LogP contribution in [0.2, 0.25) is 0 Å². The van der Waals surface area contributed by atoms with E-state index in [-0.39, 0.29) is 5.91 Å². The lowest BCUT2D eigenvalue weighted by Gasteiger charge is -2.12. The second-order valence-corrected chi connectivity index (χ2v) is 5.86. The number of pyridine rings is 1. The Morgan fingerprint density at radius 2 is 2.44 bits per heavy atom. The molecule has 0 saturated heterocycles. The predicted molar refractivity (Wildman–Crippen MR) is 73.2 cm³/mol. The molecular weight excluding hydrogens is 296 g/mol. The Balaban J connectivity index is 1.91. The van der Waals surface area contributed by atoms with Crippen LogP contribution in [0.5, 0.6) is 5.75 Å². The molecule has 1 aliphatic carbocycles. The lowest BCUT2D eigenvalue weighted by molar-refractivity contribution is 0.0944. The summed E-state index contributed by atoms with van der Waals surface area (Å²) in [5.41, 5.74) is 0.542. The molecule has 1 aromatic rings. The molecule has 1 aromatic heterocycles. The Hall–Kier alpha value is -1.10. The van der Waals surface area contributed by atoms with E-state index in [9.17, 15) is 4.79 Å². The van der Waals surface area contributed by atoms with Gasteiger partial charge in [0, 0.05) is 17.6 Å². The first kappa shape index (κ1) is 13.3. The molecule has 18 heavy (non-hydrogen) atoms. The van der Waals surface area contributed by atoms with E-state index in [0.717, 1.165) is 13.0 Å². The van der Waals surface area contributed by atoms with Gasteiger partial charge in [-0.1, -0.05) is 15.9 Å². The summed E-state index contributed by atoms with van der Waals surface area (Å²) >= 11 is 3.61. The number of halogens is 1. The quantitative estimate of drug-likeness (QED) is 0.868. The zero-order chi connectivity index (χ0) is 13.0. The first-order valence-corrected chi connectivity index (χ1v) is 7.02. The van der Waals surface area contributed by atoms with Crippen LogP contribution >= 0.6 is 15.9 Å². The summed E-state index contributed by atoms with van der Waals surface area (Å²) in [6.07, 6.45) is 6.65. The fourth-order valence-electron chi connectivity index (χ4n) is 2.26. The van der Waals surface area contributed by atoms with Crippen molar-refractivity contribution in [3.63, 3.8) is 0 Å². The maximum Gasteiger partial charge on any atom is 0.255 e. The highest BCUT2D eigenvalue weighted by molar-refractivity contribution is 9.09. The Labute approximate surface area is 115 Å². The maximum atomic E-state index is 12.0. The molecule has 1 N–H and O–H groups in total. The third-order valence-corrected chi connectivity index (χ3v) is 4.11. The number of nitrogens with zero attached hydrogens (tertiary/aromatic N) is 1. The molecule has 1 fully saturated rings. The fraction of sp³-hybridized carbons (Fsp3) is 0.538. The van der Waals surface area contributed by atoms with E-state index in [1.165, 1.54) is 12.8 Å². The lowest BCUT2D eigenvalue weighted by Crippen LogP contribution is -2.28. The molecule has 1 aliphatic rings. The molecule has 0 bridgehead atoms. The number of amides is 1. The molecule has 0 aliphatic heterocycles. The summed E-state index contributed by atoms with van der Waals surface area (Å²) in [7, 11) is 1.54. The number of nitrogens with one attached hydrogen (secondary N) is 1. The van der Waals surface area contributed by atoms with Crippen molar-refractivity contribution in [2.75, 3.05) is 13.7 Å². The number of hydrogen-bond acceptors (Lipinski definition) is 3. The first-order chi connectivity index (χ1) is 8.70. The molecule has 0 aromatic carbocycles. The Morgan fingerprint density at radius 1 is 1.61 bits per heavy atom. The number of alkyl halides is 1. The molecule has 2 atom stereocenters. The van der Waals surface area contributed by atoms with Gasteiger partial charge in [-0.05, 0) is 31.2 Å². The topological polar surface area (TPSA) is 51.2 Å². The first-order valence-electron chi connectivity index (χ1n) is 6.11. The van der Waals surface area contributed by atoms with Crippen LogP contribution in [0.25, 0.3) is 0 Å². The minimum absolute atomic E-state index is 0.0905. The van der Waals surface area contributed by atoms with Gasteiger partial charge in [-0.2, -0.15) is 0 Å². The molecule has 2 unspecified atom stereocenters. The van der Waals surface area contributed by atoms with E-state index in [2.05, 4.69) is 26.2 Å². The monoisotopic (exact) mass is 312 g/mol. The van der Waals surface area contributed by atoms with Crippen LogP contribution in [0.4, 0.5) is 0 Å². The lowest BCUT2D eigenvalue weighted by atomic mass is 10.1. The van der Waals surface area contributed by atoms with E-state index in [1.54, 1.807) is 25.6 Å². The van der Waals surface area contributed by atoms with Crippen LogP contribution < -0.4 is 10.1 Å². The SMILES string of the molecule is COc1cnccc1C(=O)NCC1CCC(Br)C1. The van der Waals surface area contributed by atoms with Crippen molar-refractivity contribution in [3.8, 4) is 5.75 Å². The zero-order valence-electron chi connectivity index (χ0n) is 10.4. The molecule has 4 nitrogen and oxygen atoms in total. The van der Waals surface area contributed by atoms with Crippen molar-refractivity contribution in [3.05, 3.63) is 24.0 Å². The molecule has 5 heteroatoms. The van der Waals surface area contributed by atoms with E-state index < -0.39 is 0 Å². The molecule has 2 rings (SSSR count). The average molecular weight is 313 g/mol. The second kappa shape index (κ2) is 6.18. The highest BCUT2D eigenvalue weighted by Gasteiger charge is 2.23. The normalized spacial score (nSPS) is 22.8. The van der Waals surface area contributed by atoms with Crippen LogP contribution in [-0.2, 0) is 0 Å². The van der Waals surface area contributed by atoms with E-state index in [1.807, 2.05) is 0 Å². The van der Waals surface area contributed by atoms with Crippen molar-refractivity contribution in [2.45, 2.75) is 24.1 Å². The number of methoxy groups -OCH3 is 1. The minimum Gasteiger partial charge on any atom is -0.494 e. The Bertz CT molecular complexity index is 425. The van der Waals surface area contributed by atoms with Crippen molar-refractivity contribution in [2.24, 2.45) is 5.92 Å². The largest absolute Gasteiger partial charge is 0.494 e. The third kappa shape index (κ3) is 3.22. The van der Waals surface area contributed by atoms with Crippen LogP contribution in [0.3, 0.4) is 0 Å². The molecule has 1 amide bonds. The number of aromatic nitrogens is 1. The highest BCUT2D eigenvalue weighted by atomic mass is 79.9.